The lowest BCUT2D eigenvalue weighted by molar-refractivity contribution is 0.0971. The van der Waals surface area contributed by atoms with Gasteiger partial charge in [-0.05, 0) is 26.3 Å². The molecular weight excluding hydrogens is 278 g/mol. The van der Waals surface area contributed by atoms with Crippen molar-refractivity contribution in [2.75, 3.05) is 6.54 Å². The third-order valence-electron chi connectivity index (χ3n) is 3.84. The molecule has 0 aliphatic heterocycles. The molecule has 0 saturated heterocycles. The summed E-state index contributed by atoms with van der Waals surface area (Å²) in [4.78, 5) is 12.2. The van der Waals surface area contributed by atoms with Crippen molar-refractivity contribution in [1.29, 1.82) is 0 Å². The van der Waals surface area contributed by atoms with E-state index >= 15 is 0 Å². The Morgan fingerprint density at radius 3 is 2.59 bits per heavy atom. The van der Waals surface area contributed by atoms with Gasteiger partial charge in [0.1, 0.15) is 0 Å². The Bertz CT molecular complexity index is 603. The molecule has 2 aromatic rings. The van der Waals surface area contributed by atoms with Crippen LogP contribution in [0, 0.1) is 13.8 Å². The van der Waals surface area contributed by atoms with Crippen LogP contribution in [-0.2, 0) is 0 Å². The number of nitrogens with zero attached hydrogens (tertiary/aromatic N) is 1. The van der Waals surface area contributed by atoms with Gasteiger partial charge >= 0.3 is 0 Å². The van der Waals surface area contributed by atoms with Crippen LogP contribution in [-0.4, -0.2) is 33.7 Å². The number of aliphatic hydroxyl groups excluding tert-OH is 1. The fourth-order valence-corrected chi connectivity index (χ4v) is 2.55. The van der Waals surface area contributed by atoms with E-state index in [-0.39, 0.29) is 11.8 Å². The Morgan fingerprint density at radius 1 is 1.32 bits per heavy atom. The molecule has 2 unspecified atom stereocenters. The van der Waals surface area contributed by atoms with Crippen LogP contribution in [0.2, 0.25) is 0 Å². The molecule has 3 N–H and O–H groups in total. The van der Waals surface area contributed by atoms with Gasteiger partial charge in [0.2, 0.25) is 0 Å². The highest BCUT2D eigenvalue weighted by Gasteiger charge is 2.18. The maximum Gasteiger partial charge on any atom is 0.167 e. The Morgan fingerprint density at radius 2 is 2.00 bits per heavy atom. The predicted molar refractivity (Wildman–Crippen MR) is 85.9 cm³/mol. The van der Waals surface area contributed by atoms with Crippen LogP contribution in [0.4, 0.5) is 0 Å². The number of nitrogens with one attached hydrogen (secondary N) is 2. The van der Waals surface area contributed by atoms with Crippen LogP contribution in [0.3, 0.4) is 0 Å². The molecule has 118 valence electrons. The first kappa shape index (κ1) is 16.4. The monoisotopic (exact) mass is 301 g/mol. The summed E-state index contributed by atoms with van der Waals surface area (Å²) in [5, 5.41) is 20.3. The lowest BCUT2D eigenvalue weighted by Crippen LogP contribution is -2.33. The van der Waals surface area contributed by atoms with Gasteiger partial charge in [-0.1, -0.05) is 30.3 Å². The summed E-state index contributed by atoms with van der Waals surface area (Å²) in [6, 6.07) is 9.39. The highest BCUT2D eigenvalue weighted by atomic mass is 16.3. The van der Waals surface area contributed by atoms with E-state index in [1.807, 2.05) is 51.1 Å². The van der Waals surface area contributed by atoms with Gasteiger partial charge in [-0.3, -0.25) is 9.89 Å². The van der Waals surface area contributed by atoms with E-state index in [0.717, 1.165) is 17.0 Å². The minimum atomic E-state index is -0.589. The molecule has 0 fully saturated rings. The topological polar surface area (TPSA) is 78.0 Å². The van der Waals surface area contributed by atoms with Crippen LogP contribution in [0.15, 0.2) is 30.3 Å². The van der Waals surface area contributed by atoms with E-state index in [1.54, 1.807) is 0 Å². The van der Waals surface area contributed by atoms with Crippen molar-refractivity contribution in [3.63, 3.8) is 0 Å². The van der Waals surface area contributed by atoms with Crippen LogP contribution >= 0.6 is 0 Å². The first-order chi connectivity index (χ1) is 10.5. The standard InChI is InChI=1S/C17H23N3O2/c1-11-16(12(2)20-19-11)15(21)9-10-18-13(3)17(22)14-7-5-4-6-8-14/h4-8,13,17-18,22H,9-10H2,1-3H3,(H,19,20). The number of ketones is 1. The average Bonchev–Trinajstić information content (AvgIpc) is 2.86. The molecule has 5 heteroatoms. The summed E-state index contributed by atoms with van der Waals surface area (Å²) < 4.78 is 0. The zero-order valence-corrected chi connectivity index (χ0v) is 13.3. The second kappa shape index (κ2) is 7.33. The van der Waals surface area contributed by atoms with Crippen molar-refractivity contribution >= 4 is 5.78 Å². The lowest BCUT2D eigenvalue weighted by atomic mass is 10.0. The number of Topliss-reactive ketones (excluding diaryl/α,β-unsaturated/α-hetero) is 1. The Balaban J connectivity index is 1.85. The molecular formula is C17H23N3O2. The number of benzene rings is 1. The van der Waals surface area contributed by atoms with E-state index in [0.29, 0.717) is 18.5 Å². The quantitative estimate of drug-likeness (QED) is 0.686. The number of rotatable bonds is 7. The van der Waals surface area contributed by atoms with Crippen molar-refractivity contribution in [3.05, 3.63) is 52.8 Å². The zero-order valence-electron chi connectivity index (χ0n) is 13.3. The first-order valence-electron chi connectivity index (χ1n) is 7.52. The molecule has 0 spiro atoms. The summed E-state index contributed by atoms with van der Waals surface area (Å²) in [6.07, 6.45) is -0.207. The van der Waals surface area contributed by atoms with E-state index in [1.165, 1.54) is 0 Å². The molecule has 0 saturated carbocycles. The van der Waals surface area contributed by atoms with Crippen LogP contribution in [0.1, 0.15) is 46.8 Å². The lowest BCUT2D eigenvalue weighted by Gasteiger charge is -2.20. The number of hydrogen-bond donors (Lipinski definition) is 3. The summed E-state index contributed by atoms with van der Waals surface area (Å²) >= 11 is 0. The normalized spacial score (nSPS) is 13.8. The predicted octanol–water partition coefficient (Wildman–Crippen LogP) is 2.31. The molecule has 22 heavy (non-hydrogen) atoms. The molecule has 1 aromatic carbocycles. The van der Waals surface area contributed by atoms with Gasteiger partial charge in [-0.25, -0.2) is 0 Å². The number of aromatic amines is 1. The van der Waals surface area contributed by atoms with Gasteiger partial charge in [-0.2, -0.15) is 5.10 Å². The molecule has 2 atom stereocenters. The molecule has 1 aromatic heterocycles. The van der Waals surface area contributed by atoms with E-state index in [2.05, 4.69) is 15.5 Å². The summed E-state index contributed by atoms with van der Waals surface area (Å²) in [5.74, 6) is 0.0673. The maximum atomic E-state index is 12.2. The first-order valence-corrected chi connectivity index (χ1v) is 7.52. The number of carbonyl (C=O) groups excluding carboxylic acids is 1. The third-order valence-corrected chi connectivity index (χ3v) is 3.84. The van der Waals surface area contributed by atoms with Crippen LogP contribution in [0.5, 0.6) is 0 Å². The zero-order chi connectivity index (χ0) is 16.1. The van der Waals surface area contributed by atoms with Crippen molar-refractivity contribution in [2.45, 2.75) is 39.3 Å². The Kier molecular flexibility index (Phi) is 5.46. The minimum absolute atomic E-state index is 0.0673. The van der Waals surface area contributed by atoms with Crippen LogP contribution < -0.4 is 5.32 Å². The Labute approximate surface area is 130 Å². The molecule has 0 aliphatic rings. The molecule has 5 nitrogen and oxygen atoms in total. The molecule has 2 rings (SSSR count). The van der Waals surface area contributed by atoms with Crippen molar-refractivity contribution in [1.82, 2.24) is 15.5 Å². The second-order valence-corrected chi connectivity index (χ2v) is 5.58. The number of carbonyl (C=O) groups is 1. The van der Waals surface area contributed by atoms with E-state index in [4.69, 9.17) is 0 Å². The number of aliphatic hydroxyl groups is 1. The SMILES string of the molecule is Cc1n[nH]c(C)c1C(=O)CCNC(C)C(O)c1ccccc1. The van der Waals surface area contributed by atoms with E-state index < -0.39 is 6.10 Å². The van der Waals surface area contributed by atoms with Gasteiger partial charge in [0.05, 0.1) is 17.4 Å². The highest BCUT2D eigenvalue weighted by molar-refractivity contribution is 5.98. The third kappa shape index (κ3) is 3.81. The van der Waals surface area contributed by atoms with Crippen molar-refractivity contribution < 1.29 is 9.90 Å². The summed E-state index contributed by atoms with van der Waals surface area (Å²) in [5.41, 5.74) is 3.09. The van der Waals surface area contributed by atoms with Gasteiger partial charge in [0.15, 0.2) is 5.78 Å². The van der Waals surface area contributed by atoms with Gasteiger partial charge < -0.3 is 10.4 Å². The fourth-order valence-electron chi connectivity index (χ4n) is 2.55. The number of hydrogen-bond acceptors (Lipinski definition) is 4. The molecule has 0 bridgehead atoms. The summed E-state index contributed by atoms with van der Waals surface area (Å²) in [7, 11) is 0. The molecule has 0 aliphatic carbocycles. The molecule has 0 radical (unpaired) electrons. The van der Waals surface area contributed by atoms with E-state index in [9.17, 15) is 9.90 Å². The van der Waals surface area contributed by atoms with Gasteiger partial charge in [0.25, 0.3) is 0 Å². The van der Waals surface area contributed by atoms with Gasteiger partial charge in [0, 0.05) is 24.7 Å². The largest absolute Gasteiger partial charge is 0.387 e. The second-order valence-electron chi connectivity index (χ2n) is 5.58. The smallest absolute Gasteiger partial charge is 0.167 e. The number of aromatic nitrogens is 2. The number of H-pyrrole nitrogens is 1. The summed E-state index contributed by atoms with van der Waals surface area (Å²) in [6.45, 7) is 6.11. The molecule has 1 heterocycles. The minimum Gasteiger partial charge on any atom is -0.387 e. The highest BCUT2D eigenvalue weighted by Crippen LogP contribution is 2.16. The van der Waals surface area contributed by atoms with Crippen LogP contribution in [0.25, 0.3) is 0 Å². The Hall–Kier alpha value is -1.98. The molecule has 0 amide bonds. The van der Waals surface area contributed by atoms with Crippen molar-refractivity contribution in [3.8, 4) is 0 Å². The van der Waals surface area contributed by atoms with Gasteiger partial charge in [-0.15, -0.1) is 0 Å². The van der Waals surface area contributed by atoms with Crippen molar-refractivity contribution in [2.24, 2.45) is 0 Å². The number of aryl methyl sites for hydroxylation is 2. The average molecular weight is 301 g/mol. The fraction of sp³-hybridized carbons (Fsp3) is 0.412. The maximum absolute atomic E-state index is 12.2.